The number of hydrogen-bond acceptors (Lipinski definition) is 2. The molecule has 0 bridgehead atoms. The molecule has 4 rings (SSSR count). The first-order valence-corrected chi connectivity index (χ1v) is 8.52. The second kappa shape index (κ2) is 5.65. The van der Waals surface area contributed by atoms with Gasteiger partial charge in [-0.05, 0) is 62.9 Å². The number of nitrogens with zero attached hydrogens (tertiary/aromatic N) is 2. The summed E-state index contributed by atoms with van der Waals surface area (Å²) in [6.07, 6.45) is 5.88. The van der Waals surface area contributed by atoms with Gasteiger partial charge in [-0.3, -0.25) is 9.69 Å². The van der Waals surface area contributed by atoms with E-state index in [-0.39, 0.29) is 17.3 Å². The minimum Gasteiger partial charge on any atom is -0.323 e. The Hall–Kier alpha value is -1.86. The van der Waals surface area contributed by atoms with E-state index < -0.39 is 0 Å². The molecule has 120 valence electrons. The number of carbonyl (C=O) groups is 1. The zero-order valence-corrected chi connectivity index (χ0v) is 13.2. The zero-order valence-electron chi connectivity index (χ0n) is 13.2. The molecule has 1 aliphatic carbocycles. The lowest BCUT2D eigenvalue weighted by molar-refractivity contribution is -0.147. The van der Waals surface area contributed by atoms with Gasteiger partial charge in [0.2, 0.25) is 0 Å². The molecule has 1 saturated carbocycles. The Morgan fingerprint density at radius 3 is 2.61 bits per heavy atom. The molecular formula is C19H21FN2O. The highest BCUT2D eigenvalue weighted by Crippen LogP contribution is 2.47. The van der Waals surface area contributed by atoms with Gasteiger partial charge in [-0.15, -0.1) is 0 Å². The summed E-state index contributed by atoms with van der Waals surface area (Å²) in [7, 11) is 0. The summed E-state index contributed by atoms with van der Waals surface area (Å²) in [6.45, 7) is 2.93. The molecule has 2 aliphatic heterocycles. The normalized spacial score (nSPS) is 25.4. The molecule has 0 aromatic heterocycles. The first-order chi connectivity index (χ1) is 11.2. The molecule has 3 fully saturated rings. The van der Waals surface area contributed by atoms with Crippen LogP contribution in [0.4, 0.5) is 4.39 Å². The number of rotatable bonds is 0. The second-order valence-corrected chi connectivity index (χ2v) is 6.86. The summed E-state index contributed by atoms with van der Waals surface area (Å²) < 4.78 is 12.9. The van der Waals surface area contributed by atoms with Gasteiger partial charge in [-0.1, -0.05) is 5.92 Å². The van der Waals surface area contributed by atoms with Crippen molar-refractivity contribution >= 4 is 5.91 Å². The van der Waals surface area contributed by atoms with Crippen molar-refractivity contribution in [1.29, 1.82) is 0 Å². The van der Waals surface area contributed by atoms with Crippen molar-refractivity contribution in [1.82, 2.24) is 9.80 Å². The van der Waals surface area contributed by atoms with E-state index >= 15 is 0 Å². The van der Waals surface area contributed by atoms with Crippen LogP contribution in [-0.4, -0.2) is 46.9 Å². The monoisotopic (exact) mass is 312 g/mol. The van der Waals surface area contributed by atoms with E-state index in [0.29, 0.717) is 11.6 Å². The highest BCUT2D eigenvalue weighted by atomic mass is 19.1. The molecule has 2 saturated heterocycles. The van der Waals surface area contributed by atoms with E-state index in [2.05, 4.69) is 16.7 Å². The first-order valence-electron chi connectivity index (χ1n) is 8.52. The van der Waals surface area contributed by atoms with Crippen LogP contribution in [0.1, 0.15) is 37.7 Å². The highest BCUT2D eigenvalue weighted by molar-refractivity contribution is 5.95. The lowest BCUT2D eigenvalue weighted by atomic mass is 9.68. The van der Waals surface area contributed by atoms with Crippen molar-refractivity contribution in [3.8, 4) is 11.8 Å². The summed E-state index contributed by atoms with van der Waals surface area (Å²) in [5.74, 6) is 5.33. The van der Waals surface area contributed by atoms with Crippen LogP contribution in [0.5, 0.6) is 0 Å². The smallest absolute Gasteiger partial charge is 0.299 e. The van der Waals surface area contributed by atoms with Gasteiger partial charge in [0.05, 0.1) is 5.54 Å². The van der Waals surface area contributed by atoms with Crippen LogP contribution in [0.15, 0.2) is 24.3 Å². The third-order valence-electron chi connectivity index (χ3n) is 5.75. The van der Waals surface area contributed by atoms with E-state index in [1.807, 2.05) is 4.90 Å². The molecule has 23 heavy (non-hydrogen) atoms. The van der Waals surface area contributed by atoms with Crippen LogP contribution in [-0.2, 0) is 4.79 Å². The minimum absolute atomic E-state index is 0.0311. The molecule has 3 nitrogen and oxygen atoms in total. The number of piperazine rings is 1. The second-order valence-electron chi connectivity index (χ2n) is 6.86. The number of amides is 1. The van der Waals surface area contributed by atoms with E-state index in [0.717, 1.165) is 25.9 Å². The number of halogens is 1. The summed E-state index contributed by atoms with van der Waals surface area (Å²) in [5.41, 5.74) is 0.713. The molecule has 1 atom stereocenters. The molecule has 1 amide bonds. The maximum Gasteiger partial charge on any atom is 0.299 e. The van der Waals surface area contributed by atoms with Gasteiger partial charge in [-0.25, -0.2) is 4.39 Å². The molecule has 1 aromatic carbocycles. The summed E-state index contributed by atoms with van der Waals surface area (Å²) in [6, 6.07) is 6.51. The topological polar surface area (TPSA) is 23.6 Å². The predicted molar refractivity (Wildman–Crippen MR) is 86.2 cm³/mol. The highest BCUT2D eigenvalue weighted by Gasteiger charge is 2.55. The average molecular weight is 312 g/mol. The van der Waals surface area contributed by atoms with Gasteiger partial charge in [0.25, 0.3) is 5.91 Å². The maximum absolute atomic E-state index is 12.9. The van der Waals surface area contributed by atoms with Gasteiger partial charge in [0.15, 0.2) is 0 Å². The van der Waals surface area contributed by atoms with Gasteiger partial charge in [-0.2, -0.15) is 0 Å². The zero-order chi connectivity index (χ0) is 15.9. The van der Waals surface area contributed by atoms with Crippen LogP contribution < -0.4 is 0 Å². The third kappa shape index (κ3) is 2.44. The molecule has 0 radical (unpaired) electrons. The Morgan fingerprint density at radius 1 is 1.13 bits per heavy atom. The molecule has 3 aliphatic rings. The van der Waals surface area contributed by atoms with Gasteiger partial charge in [0, 0.05) is 30.6 Å². The van der Waals surface area contributed by atoms with E-state index in [4.69, 9.17) is 0 Å². The van der Waals surface area contributed by atoms with Crippen molar-refractivity contribution in [2.75, 3.05) is 19.6 Å². The predicted octanol–water partition coefficient (Wildman–Crippen LogP) is 2.41. The first kappa shape index (κ1) is 14.7. The largest absolute Gasteiger partial charge is 0.323 e. The Kier molecular flexibility index (Phi) is 3.61. The van der Waals surface area contributed by atoms with Crippen molar-refractivity contribution in [2.24, 2.45) is 0 Å². The quantitative estimate of drug-likeness (QED) is 0.687. The van der Waals surface area contributed by atoms with Gasteiger partial charge < -0.3 is 4.90 Å². The fourth-order valence-corrected chi connectivity index (χ4v) is 4.51. The number of carbonyl (C=O) groups excluding carboxylic acids is 1. The van der Waals surface area contributed by atoms with Crippen LogP contribution in [0.3, 0.4) is 0 Å². The van der Waals surface area contributed by atoms with Crippen molar-refractivity contribution in [2.45, 2.75) is 43.7 Å². The SMILES string of the molecule is O=C(C#Cc1ccc(F)cc1)N1CCN2CCCC2C12CCC2. The Balaban J connectivity index is 1.55. The summed E-state index contributed by atoms with van der Waals surface area (Å²) in [5, 5.41) is 0. The standard InChI is InChI=1S/C19H21FN2O/c20-16-7-4-15(5-8-16)6-9-18(23)22-14-13-21-12-1-3-17(21)19(22)10-2-11-19/h4-5,7-8,17H,1-3,10-14H2. The number of hydrogen-bond donors (Lipinski definition) is 0. The number of fused-ring (bicyclic) bond motifs is 2. The third-order valence-corrected chi connectivity index (χ3v) is 5.75. The molecule has 0 N–H and O–H groups in total. The molecule has 4 heteroatoms. The lowest BCUT2D eigenvalue weighted by Crippen LogP contribution is -2.70. The van der Waals surface area contributed by atoms with Crippen LogP contribution in [0.25, 0.3) is 0 Å². The lowest BCUT2D eigenvalue weighted by Gasteiger charge is -2.58. The Labute approximate surface area is 136 Å². The molecular weight excluding hydrogens is 291 g/mol. The van der Waals surface area contributed by atoms with E-state index in [1.165, 1.54) is 37.9 Å². The minimum atomic E-state index is -0.285. The molecule has 1 spiro atoms. The Bertz CT molecular complexity index is 669. The van der Waals surface area contributed by atoms with Crippen LogP contribution >= 0.6 is 0 Å². The fourth-order valence-electron chi connectivity index (χ4n) is 4.51. The van der Waals surface area contributed by atoms with Crippen LogP contribution in [0.2, 0.25) is 0 Å². The number of benzene rings is 1. The van der Waals surface area contributed by atoms with E-state index in [1.54, 1.807) is 12.1 Å². The fraction of sp³-hybridized carbons (Fsp3) is 0.526. The van der Waals surface area contributed by atoms with Crippen molar-refractivity contribution < 1.29 is 9.18 Å². The summed E-state index contributed by atoms with van der Waals surface area (Å²) in [4.78, 5) is 17.3. The van der Waals surface area contributed by atoms with E-state index in [9.17, 15) is 9.18 Å². The van der Waals surface area contributed by atoms with Gasteiger partial charge >= 0.3 is 0 Å². The Morgan fingerprint density at radius 2 is 1.91 bits per heavy atom. The molecule has 1 aromatic rings. The van der Waals surface area contributed by atoms with Crippen molar-refractivity contribution in [3.05, 3.63) is 35.6 Å². The molecule has 2 heterocycles. The maximum atomic E-state index is 12.9. The summed E-state index contributed by atoms with van der Waals surface area (Å²) >= 11 is 0. The van der Waals surface area contributed by atoms with Crippen LogP contribution in [0, 0.1) is 17.7 Å². The molecule has 1 unspecified atom stereocenters. The average Bonchev–Trinajstić information content (AvgIpc) is 3.00. The van der Waals surface area contributed by atoms with Gasteiger partial charge in [0.1, 0.15) is 5.82 Å². The van der Waals surface area contributed by atoms with Crippen molar-refractivity contribution in [3.63, 3.8) is 0 Å².